The first-order valence-corrected chi connectivity index (χ1v) is 7.66. The Kier molecular flexibility index (Phi) is 3.59. The van der Waals surface area contributed by atoms with Crippen LogP contribution in [0.4, 0.5) is 11.5 Å². The molecule has 0 aliphatic carbocycles. The Balaban J connectivity index is 1.71. The molecule has 2 heterocycles. The standard InChI is InChI=1S/C19H15N5/c1-13-20-10-9-17(23-13)14-5-4-6-15(11-14)24-19-16-7-2-3-8-18(16)21-12-22-19/h2-12H,1H3,(H,21,22,24). The van der Waals surface area contributed by atoms with Crippen LogP contribution >= 0.6 is 0 Å². The van der Waals surface area contributed by atoms with Crippen LogP contribution in [0, 0.1) is 6.92 Å². The van der Waals surface area contributed by atoms with Gasteiger partial charge in [-0.15, -0.1) is 0 Å². The lowest BCUT2D eigenvalue weighted by molar-refractivity contribution is 1.06. The molecule has 0 saturated heterocycles. The van der Waals surface area contributed by atoms with Crippen LogP contribution in [0.15, 0.2) is 67.1 Å². The molecule has 0 fully saturated rings. The largest absolute Gasteiger partial charge is 0.340 e. The van der Waals surface area contributed by atoms with Crippen molar-refractivity contribution in [1.82, 2.24) is 19.9 Å². The smallest absolute Gasteiger partial charge is 0.141 e. The molecule has 5 nitrogen and oxygen atoms in total. The Hall–Kier alpha value is -3.34. The predicted molar refractivity (Wildman–Crippen MR) is 95.0 cm³/mol. The number of fused-ring (bicyclic) bond motifs is 1. The van der Waals surface area contributed by atoms with Gasteiger partial charge in [-0.2, -0.15) is 0 Å². The van der Waals surface area contributed by atoms with Crippen LogP contribution in [0.1, 0.15) is 5.82 Å². The Morgan fingerprint density at radius 3 is 2.71 bits per heavy atom. The lowest BCUT2D eigenvalue weighted by Crippen LogP contribution is -1.96. The summed E-state index contributed by atoms with van der Waals surface area (Å²) in [6.07, 6.45) is 3.35. The third kappa shape index (κ3) is 2.79. The molecular weight excluding hydrogens is 298 g/mol. The van der Waals surface area contributed by atoms with Crippen LogP contribution in [0.3, 0.4) is 0 Å². The Bertz CT molecular complexity index is 1010. The van der Waals surface area contributed by atoms with Gasteiger partial charge in [0.15, 0.2) is 0 Å². The highest BCUT2D eigenvalue weighted by molar-refractivity contribution is 5.90. The predicted octanol–water partition coefficient (Wildman–Crippen LogP) is 4.14. The summed E-state index contributed by atoms with van der Waals surface area (Å²) in [5.41, 5.74) is 3.80. The summed E-state index contributed by atoms with van der Waals surface area (Å²) >= 11 is 0. The van der Waals surface area contributed by atoms with Crippen molar-refractivity contribution in [3.8, 4) is 11.3 Å². The fourth-order valence-electron chi connectivity index (χ4n) is 2.61. The number of anilines is 2. The molecule has 0 spiro atoms. The number of nitrogens with one attached hydrogen (secondary N) is 1. The maximum absolute atomic E-state index is 4.48. The molecule has 2 aromatic heterocycles. The topological polar surface area (TPSA) is 63.6 Å². The highest BCUT2D eigenvalue weighted by Crippen LogP contribution is 2.25. The number of hydrogen-bond acceptors (Lipinski definition) is 5. The summed E-state index contributed by atoms with van der Waals surface area (Å²) in [7, 11) is 0. The van der Waals surface area contributed by atoms with Crippen LogP contribution in [0.5, 0.6) is 0 Å². The van der Waals surface area contributed by atoms with Gasteiger partial charge in [-0.3, -0.25) is 0 Å². The van der Waals surface area contributed by atoms with Gasteiger partial charge >= 0.3 is 0 Å². The molecule has 5 heteroatoms. The minimum atomic E-state index is 0.757. The number of rotatable bonds is 3. The lowest BCUT2D eigenvalue weighted by atomic mass is 10.1. The average molecular weight is 313 g/mol. The summed E-state index contributed by atoms with van der Waals surface area (Å²) < 4.78 is 0. The number of para-hydroxylation sites is 1. The zero-order valence-corrected chi connectivity index (χ0v) is 13.1. The second-order valence-electron chi connectivity index (χ2n) is 5.43. The molecule has 0 bridgehead atoms. The zero-order chi connectivity index (χ0) is 16.4. The van der Waals surface area contributed by atoms with Gasteiger partial charge in [0.05, 0.1) is 11.2 Å². The second kappa shape index (κ2) is 6.04. The first kappa shape index (κ1) is 14.3. The van der Waals surface area contributed by atoms with Crippen molar-refractivity contribution < 1.29 is 0 Å². The summed E-state index contributed by atoms with van der Waals surface area (Å²) in [4.78, 5) is 17.3. The first-order valence-electron chi connectivity index (χ1n) is 7.66. The van der Waals surface area contributed by atoms with Gasteiger partial charge in [0, 0.05) is 22.8 Å². The third-order valence-electron chi connectivity index (χ3n) is 3.74. The van der Waals surface area contributed by atoms with Crippen LogP contribution in [-0.2, 0) is 0 Å². The molecule has 1 N–H and O–H groups in total. The van der Waals surface area contributed by atoms with E-state index in [9.17, 15) is 0 Å². The molecule has 0 radical (unpaired) electrons. The van der Waals surface area contributed by atoms with Crippen molar-refractivity contribution in [2.45, 2.75) is 6.92 Å². The van der Waals surface area contributed by atoms with E-state index in [-0.39, 0.29) is 0 Å². The fraction of sp³-hybridized carbons (Fsp3) is 0.0526. The molecule has 24 heavy (non-hydrogen) atoms. The summed E-state index contributed by atoms with van der Waals surface area (Å²) in [5.74, 6) is 1.55. The van der Waals surface area contributed by atoms with Crippen molar-refractivity contribution >= 4 is 22.4 Å². The van der Waals surface area contributed by atoms with Crippen LogP contribution in [0.25, 0.3) is 22.2 Å². The number of aromatic nitrogens is 4. The molecule has 2 aromatic carbocycles. The average Bonchev–Trinajstić information content (AvgIpc) is 2.62. The van der Waals surface area contributed by atoms with E-state index in [1.54, 1.807) is 12.5 Å². The normalized spacial score (nSPS) is 10.7. The number of hydrogen-bond donors (Lipinski definition) is 1. The third-order valence-corrected chi connectivity index (χ3v) is 3.74. The highest BCUT2D eigenvalue weighted by atomic mass is 15.0. The van der Waals surface area contributed by atoms with Crippen molar-refractivity contribution in [2.75, 3.05) is 5.32 Å². The maximum atomic E-state index is 4.48. The fourth-order valence-corrected chi connectivity index (χ4v) is 2.61. The lowest BCUT2D eigenvalue weighted by Gasteiger charge is -2.09. The molecule has 0 amide bonds. The van der Waals surface area contributed by atoms with E-state index < -0.39 is 0 Å². The van der Waals surface area contributed by atoms with Crippen LogP contribution in [-0.4, -0.2) is 19.9 Å². The van der Waals surface area contributed by atoms with E-state index in [4.69, 9.17) is 0 Å². The van der Waals surface area contributed by atoms with E-state index in [0.29, 0.717) is 0 Å². The van der Waals surface area contributed by atoms with E-state index in [1.165, 1.54) is 0 Å². The van der Waals surface area contributed by atoms with E-state index >= 15 is 0 Å². The monoisotopic (exact) mass is 313 g/mol. The second-order valence-corrected chi connectivity index (χ2v) is 5.43. The Morgan fingerprint density at radius 1 is 0.875 bits per heavy atom. The van der Waals surface area contributed by atoms with Crippen molar-refractivity contribution in [3.05, 3.63) is 72.9 Å². The molecule has 0 saturated carbocycles. The SMILES string of the molecule is Cc1nccc(-c2cccc(Nc3ncnc4ccccc34)c2)n1. The Morgan fingerprint density at radius 2 is 1.79 bits per heavy atom. The Labute approximate surface area is 139 Å². The molecule has 0 aliphatic heterocycles. The van der Waals surface area contributed by atoms with Crippen molar-refractivity contribution in [3.63, 3.8) is 0 Å². The van der Waals surface area contributed by atoms with Gasteiger partial charge in [0.1, 0.15) is 18.0 Å². The van der Waals surface area contributed by atoms with E-state index in [0.717, 1.165) is 39.5 Å². The van der Waals surface area contributed by atoms with Crippen LogP contribution in [0.2, 0.25) is 0 Å². The summed E-state index contributed by atoms with van der Waals surface area (Å²) in [5, 5.41) is 4.37. The minimum absolute atomic E-state index is 0.757. The summed E-state index contributed by atoms with van der Waals surface area (Å²) in [6, 6.07) is 17.9. The molecule has 0 aliphatic rings. The van der Waals surface area contributed by atoms with Crippen molar-refractivity contribution in [2.24, 2.45) is 0 Å². The van der Waals surface area contributed by atoms with E-state index in [2.05, 4.69) is 31.3 Å². The number of nitrogens with zero attached hydrogens (tertiary/aromatic N) is 4. The highest BCUT2D eigenvalue weighted by Gasteiger charge is 2.05. The number of aryl methyl sites for hydroxylation is 1. The van der Waals surface area contributed by atoms with Gasteiger partial charge in [-0.25, -0.2) is 19.9 Å². The molecular formula is C19H15N5. The number of benzene rings is 2. The van der Waals surface area contributed by atoms with E-state index in [1.807, 2.05) is 55.5 Å². The molecule has 0 atom stereocenters. The molecule has 4 aromatic rings. The van der Waals surface area contributed by atoms with Crippen molar-refractivity contribution in [1.29, 1.82) is 0 Å². The van der Waals surface area contributed by atoms with Gasteiger partial charge in [0.25, 0.3) is 0 Å². The van der Waals surface area contributed by atoms with Gasteiger partial charge in [-0.1, -0.05) is 24.3 Å². The maximum Gasteiger partial charge on any atom is 0.141 e. The first-order chi connectivity index (χ1) is 11.8. The summed E-state index contributed by atoms with van der Waals surface area (Å²) in [6.45, 7) is 1.89. The van der Waals surface area contributed by atoms with Gasteiger partial charge < -0.3 is 5.32 Å². The zero-order valence-electron chi connectivity index (χ0n) is 13.1. The molecule has 0 unspecified atom stereocenters. The van der Waals surface area contributed by atoms with Gasteiger partial charge in [-0.05, 0) is 37.3 Å². The quantitative estimate of drug-likeness (QED) is 0.616. The van der Waals surface area contributed by atoms with Gasteiger partial charge in [0.2, 0.25) is 0 Å². The minimum Gasteiger partial charge on any atom is -0.340 e. The molecule has 4 rings (SSSR count). The molecule has 116 valence electrons. The van der Waals surface area contributed by atoms with Crippen LogP contribution < -0.4 is 5.32 Å².